The molecule has 0 amide bonds. The Labute approximate surface area is 70.3 Å². The average Bonchev–Trinajstić information content (AvgIpc) is 1.52. The van der Waals surface area contributed by atoms with Crippen molar-refractivity contribution in [3.63, 3.8) is 0 Å². The molecule has 0 heterocycles. The van der Waals surface area contributed by atoms with E-state index in [2.05, 4.69) is 0 Å². The number of carbonyl (C=O) groups is 1. The molecule has 0 aromatic heterocycles. The minimum Gasteiger partial charge on any atom is -0.460 e. The van der Waals surface area contributed by atoms with Gasteiger partial charge >= 0.3 is 13.5 Å². The normalized spacial score (nSPS) is 9.58. The first-order valence-corrected chi connectivity index (χ1v) is 3.27. The molecule has 0 bridgehead atoms. The standard InChI is InChI=1S/C6H12O2.BF3/c1-5(7)8-6(2,3)4;2-1(3)4/h1-4H3;. The van der Waals surface area contributed by atoms with E-state index < -0.39 is 7.54 Å². The smallest absolute Gasteiger partial charge is 0.460 e. The zero-order valence-electron chi connectivity index (χ0n) is 7.53. The first-order chi connectivity index (χ1) is 5.15. The first kappa shape index (κ1) is 13.9. The second-order valence-corrected chi connectivity index (χ2v) is 2.95. The summed E-state index contributed by atoms with van der Waals surface area (Å²) in [4.78, 5) is 10.2. The average molecular weight is 184 g/mol. The van der Waals surface area contributed by atoms with E-state index in [4.69, 9.17) is 4.74 Å². The van der Waals surface area contributed by atoms with E-state index in [1.807, 2.05) is 20.8 Å². The van der Waals surface area contributed by atoms with Crippen LogP contribution in [0, 0.1) is 0 Å². The minimum absolute atomic E-state index is 0.225. The third kappa shape index (κ3) is 34.6. The van der Waals surface area contributed by atoms with Crippen molar-refractivity contribution in [3.05, 3.63) is 0 Å². The zero-order valence-corrected chi connectivity index (χ0v) is 7.53. The fourth-order valence-corrected chi connectivity index (χ4v) is 0.431. The molecule has 0 radical (unpaired) electrons. The van der Waals surface area contributed by atoms with Gasteiger partial charge in [-0.25, -0.2) is 0 Å². The maximum absolute atomic E-state index is 10.2. The molecule has 0 aliphatic rings. The number of carbonyl (C=O) groups excluding carboxylic acids is 1. The van der Waals surface area contributed by atoms with Gasteiger partial charge in [0.1, 0.15) is 5.60 Å². The summed E-state index contributed by atoms with van der Waals surface area (Å²) in [5, 5.41) is 0. The van der Waals surface area contributed by atoms with Crippen LogP contribution < -0.4 is 0 Å². The van der Waals surface area contributed by atoms with Crippen LogP contribution in [-0.4, -0.2) is 19.1 Å². The Balaban J connectivity index is 0. The van der Waals surface area contributed by atoms with E-state index in [1.165, 1.54) is 6.92 Å². The molecule has 0 saturated heterocycles. The van der Waals surface area contributed by atoms with Gasteiger partial charge in [0.15, 0.2) is 0 Å². The molecular formula is C6H12BF3O2. The van der Waals surface area contributed by atoms with Crippen LogP contribution in [0.25, 0.3) is 0 Å². The van der Waals surface area contributed by atoms with Gasteiger partial charge in [0, 0.05) is 6.92 Å². The molecule has 0 aliphatic carbocycles. The second-order valence-electron chi connectivity index (χ2n) is 2.95. The van der Waals surface area contributed by atoms with Crippen LogP contribution in [0.1, 0.15) is 27.7 Å². The predicted octanol–water partition coefficient (Wildman–Crippen LogP) is 2.23. The Morgan fingerprint density at radius 3 is 1.50 bits per heavy atom. The van der Waals surface area contributed by atoms with Crippen molar-refractivity contribution in [1.29, 1.82) is 0 Å². The van der Waals surface area contributed by atoms with Gasteiger partial charge < -0.3 is 4.74 Å². The number of rotatable bonds is 0. The van der Waals surface area contributed by atoms with E-state index in [9.17, 15) is 17.7 Å². The topological polar surface area (TPSA) is 26.3 Å². The van der Waals surface area contributed by atoms with Crippen molar-refractivity contribution < 1.29 is 22.5 Å². The SMILES string of the molecule is CC(=O)OC(C)(C)C.FB(F)F. The fraction of sp³-hybridized carbons (Fsp3) is 0.833. The number of halogens is 3. The lowest BCUT2D eigenvalue weighted by Gasteiger charge is -2.17. The molecule has 0 spiro atoms. The van der Waals surface area contributed by atoms with Crippen molar-refractivity contribution in [2.45, 2.75) is 33.3 Å². The van der Waals surface area contributed by atoms with Crippen LogP contribution in [0.4, 0.5) is 12.9 Å². The van der Waals surface area contributed by atoms with Crippen LogP contribution in [0.3, 0.4) is 0 Å². The summed E-state index contributed by atoms with van der Waals surface area (Å²) in [6, 6.07) is 0. The summed E-state index contributed by atoms with van der Waals surface area (Å²) in [6.07, 6.45) is 0. The number of hydrogen-bond acceptors (Lipinski definition) is 2. The van der Waals surface area contributed by atoms with Gasteiger partial charge in [-0.15, -0.1) is 0 Å². The number of ether oxygens (including phenoxy) is 1. The van der Waals surface area contributed by atoms with Crippen molar-refractivity contribution >= 4 is 13.5 Å². The van der Waals surface area contributed by atoms with E-state index in [0.717, 1.165) is 0 Å². The Morgan fingerprint density at radius 1 is 1.25 bits per heavy atom. The molecule has 0 rings (SSSR count). The predicted molar refractivity (Wildman–Crippen MR) is 40.6 cm³/mol. The molecule has 0 N–H and O–H groups in total. The van der Waals surface area contributed by atoms with E-state index in [-0.39, 0.29) is 11.6 Å². The van der Waals surface area contributed by atoms with Gasteiger partial charge in [-0.05, 0) is 20.8 Å². The van der Waals surface area contributed by atoms with Gasteiger partial charge in [0.05, 0.1) is 0 Å². The number of hydrogen-bond donors (Lipinski definition) is 0. The molecular weight excluding hydrogens is 172 g/mol. The van der Waals surface area contributed by atoms with E-state index >= 15 is 0 Å². The molecule has 6 heteroatoms. The quantitative estimate of drug-likeness (QED) is 0.426. The lowest BCUT2D eigenvalue weighted by atomic mass is 10.2. The van der Waals surface area contributed by atoms with E-state index in [1.54, 1.807) is 0 Å². The van der Waals surface area contributed by atoms with Crippen molar-refractivity contribution in [2.75, 3.05) is 0 Å². The van der Waals surface area contributed by atoms with Crippen molar-refractivity contribution in [3.8, 4) is 0 Å². The molecule has 0 unspecified atom stereocenters. The summed E-state index contributed by atoms with van der Waals surface area (Å²) >= 11 is 0. The first-order valence-electron chi connectivity index (χ1n) is 3.27. The summed E-state index contributed by atoms with van der Waals surface area (Å²) in [5.41, 5.74) is -0.328. The lowest BCUT2D eigenvalue weighted by molar-refractivity contribution is -0.151. The lowest BCUT2D eigenvalue weighted by Crippen LogP contribution is -2.21. The van der Waals surface area contributed by atoms with E-state index in [0.29, 0.717) is 0 Å². The molecule has 0 aromatic rings. The molecule has 0 aromatic carbocycles. The van der Waals surface area contributed by atoms with Crippen LogP contribution in [-0.2, 0) is 9.53 Å². The van der Waals surface area contributed by atoms with Crippen LogP contribution in [0.5, 0.6) is 0 Å². The van der Waals surface area contributed by atoms with Crippen LogP contribution in [0.2, 0.25) is 0 Å². The Bertz CT molecular complexity index is 130. The molecule has 0 atom stereocenters. The second kappa shape index (κ2) is 5.91. The van der Waals surface area contributed by atoms with Crippen LogP contribution in [0.15, 0.2) is 0 Å². The monoisotopic (exact) mass is 184 g/mol. The van der Waals surface area contributed by atoms with Crippen molar-refractivity contribution in [2.24, 2.45) is 0 Å². The summed E-state index contributed by atoms with van der Waals surface area (Å²) in [6.45, 7) is 6.93. The summed E-state index contributed by atoms with van der Waals surface area (Å²) in [7, 11) is -3.67. The third-order valence-corrected chi connectivity index (χ3v) is 0.450. The maximum Gasteiger partial charge on any atom is 0.762 e. The van der Waals surface area contributed by atoms with Gasteiger partial charge in [0.2, 0.25) is 0 Å². The van der Waals surface area contributed by atoms with Gasteiger partial charge in [0.25, 0.3) is 0 Å². The summed E-state index contributed by atoms with van der Waals surface area (Å²) in [5.74, 6) is -0.225. The highest BCUT2D eigenvalue weighted by Gasteiger charge is 2.11. The third-order valence-electron chi connectivity index (χ3n) is 0.450. The van der Waals surface area contributed by atoms with Gasteiger partial charge in [-0.3, -0.25) is 17.7 Å². The molecule has 0 fully saturated rings. The molecule has 72 valence electrons. The zero-order chi connectivity index (χ0) is 10.4. The highest BCUT2D eigenvalue weighted by Crippen LogP contribution is 2.05. The van der Waals surface area contributed by atoms with Gasteiger partial charge in [-0.1, -0.05) is 0 Å². The maximum atomic E-state index is 10.2. The molecule has 2 nitrogen and oxygen atoms in total. The molecule has 12 heavy (non-hydrogen) atoms. The largest absolute Gasteiger partial charge is 0.762 e. The highest BCUT2D eigenvalue weighted by atomic mass is 19.4. The fourth-order valence-electron chi connectivity index (χ4n) is 0.431. The van der Waals surface area contributed by atoms with Gasteiger partial charge in [-0.2, -0.15) is 0 Å². The van der Waals surface area contributed by atoms with Crippen molar-refractivity contribution in [1.82, 2.24) is 0 Å². The minimum atomic E-state index is -3.67. The molecule has 0 aliphatic heterocycles. The van der Waals surface area contributed by atoms with Crippen LogP contribution >= 0.6 is 0 Å². The number of esters is 1. The summed E-state index contributed by atoms with van der Waals surface area (Å²) < 4.78 is 33.8. The Kier molecular flexibility index (Phi) is 6.84. The highest BCUT2D eigenvalue weighted by molar-refractivity contribution is 6.33. The Morgan fingerprint density at radius 2 is 1.50 bits per heavy atom. The molecule has 0 saturated carbocycles. The Hall–Kier alpha value is -0.675.